The van der Waals surface area contributed by atoms with Crippen LogP contribution in [0.15, 0.2) is 54.7 Å². The van der Waals surface area contributed by atoms with Crippen LogP contribution in [0.4, 0.5) is 8.78 Å². The van der Waals surface area contributed by atoms with Crippen LogP contribution in [-0.2, 0) is 13.2 Å². The third kappa shape index (κ3) is 4.60. The molecule has 0 saturated heterocycles. The van der Waals surface area contributed by atoms with Crippen LogP contribution in [0.3, 0.4) is 0 Å². The van der Waals surface area contributed by atoms with E-state index < -0.39 is 11.6 Å². The van der Waals surface area contributed by atoms with Crippen LogP contribution in [0.5, 0.6) is 11.6 Å². The highest BCUT2D eigenvalue weighted by molar-refractivity contribution is 5.81. The quantitative estimate of drug-likeness (QED) is 0.312. The maximum Gasteiger partial charge on any atom is 0.224 e. The minimum atomic E-state index is -0.900. The smallest absolute Gasteiger partial charge is 0.224 e. The molecule has 0 radical (unpaired) electrons. The zero-order chi connectivity index (χ0) is 23.5. The Labute approximate surface area is 197 Å². The van der Waals surface area contributed by atoms with Gasteiger partial charge < -0.3 is 14.0 Å². The Morgan fingerprint density at radius 2 is 1.76 bits per heavy atom. The van der Waals surface area contributed by atoms with Crippen molar-refractivity contribution >= 4 is 11.0 Å². The first-order valence-electron chi connectivity index (χ1n) is 11.7. The lowest BCUT2D eigenvalue weighted by Crippen LogP contribution is -2.15. The minimum Gasteiger partial charge on any atom is -0.497 e. The second kappa shape index (κ2) is 9.79. The predicted octanol–water partition coefficient (Wildman–Crippen LogP) is 6.54. The molecule has 0 unspecified atom stereocenters. The molecule has 4 aromatic rings. The van der Waals surface area contributed by atoms with E-state index in [0.717, 1.165) is 24.2 Å². The second-order valence-electron chi connectivity index (χ2n) is 8.80. The lowest BCUT2D eigenvalue weighted by atomic mass is 9.89. The molecule has 0 bridgehead atoms. The number of hydrogen-bond acceptors (Lipinski definition) is 4. The average molecular weight is 464 g/mol. The molecule has 2 aromatic heterocycles. The van der Waals surface area contributed by atoms with Crippen molar-refractivity contribution in [3.05, 3.63) is 71.9 Å². The third-order valence-corrected chi connectivity index (χ3v) is 6.50. The van der Waals surface area contributed by atoms with Gasteiger partial charge in [-0.25, -0.2) is 18.7 Å². The summed E-state index contributed by atoms with van der Waals surface area (Å²) >= 11 is 0. The van der Waals surface area contributed by atoms with Crippen LogP contribution < -0.4 is 9.47 Å². The van der Waals surface area contributed by atoms with Gasteiger partial charge >= 0.3 is 0 Å². The molecular weight excluding hydrogens is 436 g/mol. The van der Waals surface area contributed by atoms with Crippen molar-refractivity contribution in [1.82, 2.24) is 14.5 Å². The second-order valence-corrected chi connectivity index (χ2v) is 8.80. The van der Waals surface area contributed by atoms with Gasteiger partial charge in [-0.05, 0) is 48.6 Å². The summed E-state index contributed by atoms with van der Waals surface area (Å²) in [5, 5.41) is 0. The summed E-state index contributed by atoms with van der Waals surface area (Å²) in [6.45, 7) is 1.02. The first-order valence-corrected chi connectivity index (χ1v) is 11.7. The SMILES string of the molecule is COc1ccc(COc2ncccc2-c2nc3cc(F)c(F)cc3n2CC2CCCCC2)cc1. The van der Waals surface area contributed by atoms with Crippen molar-refractivity contribution < 1.29 is 18.3 Å². The monoisotopic (exact) mass is 463 g/mol. The van der Waals surface area contributed by atoms with E-state index in [1.165, 1.54) is 31.4 Å². The van der Waals surface area contributed by atoms with Crippen molar-refractivity contribution in [3.63, 3.8) is 0 Å². The Balaban J connectivity index is 1.52. The molecule has 1 saturated carbocycles. The molecule has 1 fully saturated rings. The van der Waals surface area contributed by atoms with E-state index in [2.05, 4.69) is 4.98 Å². The normalized spacial score (nSPS) is 14.4. The van der Waals surface area contributed by atoms with Crippen LogP contribution in [0.1, 0.15) is 37.7 Å². The highest BCUT2D eigenvalue weighted by Gasteiger charge is 2.22. The molecule has 34 heavy (non-hydrogen) atoms. The summed E-state index contributed by atoms with van der Waals surface area (Å²) in [7, 11) is 1.63. The number of hydrogen-bond donors (Lipinski definition) is 0. The number of aromatic nitrogens is 3. The molecule has 1 aliphatic carbocycles. The number of pyridine rings is 1. The fourth-order valence-corrected chi connectivity index (χ4v) is 4.69. The molecule has 0 aliphatic heterocycles. The van der Waals surface area contributed by atoms with Crippen LogP contribution >= 0.6 is 0 Å². The Morgan fingerprint density at radius 1 is 1.00 bits per heavy atom. The minimum absolute atomic E-state index is 0.320. The Hall–Kier alpha value is -3.48. The number of fused-ring (bicyclic) bond motifs is 1. The van der Waals surface area contributed by atoms with Crippen molar-refractivity contribution in [3.8, 4) is 23.0 Å². The number of nitrogens with zero attached hydrogens (tertiary/aromatic N) is 3. The van der Waals surface area contributed by atoms with Crippen molar-refractivity contribution in [2.24, 2.45) is 5.92 Å². The zero-order valence-corrected chi connectivity index (χ0v) is 19.1. The molecule has 0 amide bonds. The van der Waals surface area contributed by atoms with Gasteiger partial charge in [-0.3, -0.25) is 0 Å². The van der Waals surface area contributed by atoms with E-state index in [1.54, 1.807) is 13.3 Å². The van der Waals surface area contributed by atoms with Crippen molar-refractivity contribution in [2.75, 3.05) is 7.11 Å². The van der Waals surface area contributed by atoms with Gasteiger partial charge in [-0.2, -0.15) is 0 Å². The van der Waals surface area contributed by atoms with Crippen LogP contribution in [0.2, 0.25) is 0 Å². The molecule has 7 heteroatoms. The maximum atomic E-state index is 14.2. The van der Waals surface area contributed by atoms with E-state index >= 15 is 0 Å². The highest BCUT2D eigenvalue weighted by Crippen LogP contribution is 2.34. The molecule has 2 aromatic carbocycles. The summed E-state index contributed by atoms with van der Waals surface area (Å²) in [5.41, 5.74) is 2.68. The zero-order valence-electron chi connectivity index (χ0n) is 19.1. The number of imidazole rings is 1. The van der Waals surface area contributed by atoms with Crippen LogP contribution in [0, 0.1) is 17.6 Å². The van der Waals surface area contributed by atoms with E-state index in [-0.39, 0.29) is 0 Å². The summed E-state index contributed by atoms with van der Waals surface area (Å²) in [4.78, 5) is 9.16. The number of halogens is 2. The van der Waals surface area contributed by atoms with Crippen LogP contribution in [-0.4, -0.2) is 21.6 Å². The molecule has 0 spiro atoms. The largest absolute Gasteiger partial charge is 0.497 e. The molecule has 176 valence electrons. The van der Waals surface area contributed by atoms with Gasteiger partial charge in [0.2, 0.25) is 5.88 Å². The highest BCUT2D eigenvalue weighted by atomic mass is 19.2. The van der Waals surface area contributed by atoms with E-state index in [0.29, 0.717) is 47.4 Å². The van der Waals surface area contributed by atoms with Crippen LogP contribution in [0.25, 0.3) is 22.4 Å². The number of rotatable bonds is 7. The van der Waals surface area contributed by atoms with E-state index in [9.17, 15) is 8.78 Å². The lowest BCUT2D eigenvalue weighted by Gasteiger charge is -2.23. The first-order chi connectivity index (χ1) is 16.6. The standard InChI is InChI=1S/C27H27F2N3O2/c1-33-20-11-9-19(10-12-20)17-34-27-21(8-5-13-30-27)26-31-24-14-22(28)23(29)15-25(24)32(26)16-18-6-3-2-4-7-18/h5,8-15,18H,2-4,6-7,16-17H2,1H3. The summed E-state index contributed by atoms with van der Waals surface area (Å²) in [6.07, 6.45) is 7.55. The molecule has 5 rings (SSSR count). The van der Waals surface area contributed by atoms with Gasteiger partial charge in [0.1, 0.15) is 18.2 Å². The summed E-state index contributed by atoms with van der Waals surface area (Å²) in [5.74, 6) is 0.522. The summed E-state index contributed by atoms with van der Waals surface area (Å²) < 4.78 is 41.5. The fraction of sp³-hybridized carbons (Fsp3) is 0.333. The lowest BCUT2D eigenvalue weighted by molar-refractivity contribution is 0.294. The predicted molar refractivity (Wildman–Crippen MR) is 127 cm³/mol. The Morgan fingerprint density at radius 3 is 2.53 bits per heavy atom. The molecule has 1 aliphatic rings. The molecular formula is C27H27F2N3O2. The van der Waals surface area contributed by atoms with Gasteiger partial charge in [-0.15, -0.1) is 0 Å². The maximum absolute atomic E-state index is 14.2. The number of benzene rings is 2. The molecule has 5 nitrogen and oxygen atoms in total. The fourth-order valence-electron chi connectivity index (χ4n) is 4.69. The number of ether oxygens (including phenoxy) is 2. The van der Waals surface area contributed by atoms with Gasteiger partial charge in [0.25, 0.3) is 0 Å². The molecule has 2 heterocycles. The Bertz CT molecular complexity index is 1280. The third-order valence-electron chi connectivity index (χ3n) is 6.50. The van der Waals surface area contributed by atoms with Gasteiger partial charge in [-0.1, -0.05) is 31.4 Å². The number of methoxy groups -OCH3 is 1. The topological polar surface area (TPSA) is 49.2 Å². The van der Waals surface area contributed by atoms with Gasteiger partial charge in [0, 0.05) is 24.9 Å². The van der Waals surface area contributed by atoms with Gasteiger partial charge in [0.15, 0.2) is 11.6 Å². The summed E-state index contributed by atoms with van der Waals surface area (Å²) in [6, 6.07) is 13.8. The Kier molecular flexibility index (Phi) is 6.43. The van der Waals surface area contributed by atoms with Gasteiger partial charge in [0.05, 0.1) is 23.7 Å². The van der Waals surface area contributed by atoms with Crippen molar-refractivity contribution in [2.45, 2.75) is 45.3 Å². The molecule has 0 N–H and O–H groups in total. The molecule has 0 atom stereocenters. The van der Waals surface area contributed by atoms with E-state index in [4.69, 9.17) is 14.5 Å². The van der Waals surface area contributed by atoms with E-state index in [1.807, 2.05) is 41.0 Å². The van der Waals surface area contributed by atoms with Crippen molar-refractivity contribution in [1.29, 1.82) is 0 Å². The average Bonchev–Trinajstić information content (AvgIpc) is 3.20. The first kappa shape index (κ1) is 22.3.